The van der Waals surface area contributed by atoms with E-state index in [-0.39, 0.29) is 0 Å². The first-order valence-corrected chi connectivity index (χ1v) is 12.0. The van der Waals surface area contributed by atoms with Crippen LogP contribution in [0.2, 0.25) is 0 Å². The maximum absolute atomic E-state index is 11.4. The molecule has 0 aliphatic rings. The predicted octanol–water partition coefficient (Wildman–Crippen LogP) is 6.52. The lowest BCUT2D eigenvalue weighted by molar-refractivity contribution is -0.118. The van der Waals surface area contributed by atoms with Gasteiger partial charge >= 0.3 is 0 Å². The molecule has 0 aliphatic heterocycles. The number of unbranched alkanes of at least 4 members (excludes halogenated alkanes) is 3. The Bertz CT molecular complexity index is 1000. The number of hydrogen-bond acceptors (Lipinski definition) is 6. The van der Waals surface area contributed by atoms with Crippen LogP contribution in [0.5, 0.6) is 5.88 Å². The highest BCUT2D eigenvalue weighted by molar-refractivity contribution is 7.81. The van der Waals surface area contributed by atoms with Gasteiger partial charge in [0.25, 0.3) is 0 Å². The van der Waals surface area contributed by atoms with E-state index >= 15 is 0 Å². The van der Waals surface area contributed by atoms with Crippen LogP contribution in [0.3, 0.4) is 0 Å². The van der Waals surface area contributed by atoms with Gasteiger partial charge in [0, 0.05) is 18.2 Å². The molecule has 0 saturated heterocycles. The van der Waals surface area contributed by atoms with Gasteiger partial charge in [-0.3, -0.25) is 9.89 Å². The Kier molecular flexibility index (Phi) is 10.2. The number of rotatable bonds is 11. The summed E-state index contributed by atoms with van der Waals surface area (Å²) < 4.78 is 5.07. The number of H-pyrrole nitrogens is 1. The van der Waals surface area contributed by atoms with Crippen molar-refractivity contribution in [2.45, 2.75) is 77.4 Å². The summed E-state index contributed by atoms with van der Waals surface area (Å²) in [4.78, 5) is 20.7. The third-order valence-corrected chi connectivity index (χ3v) is 5.82. The van der Waals surface area contributed by atoms with Crippen molar-refractivity contribution in [1.82, 2.24) is 20.2 Å². The van der Waals surface area contributed by atoms with Crippen molar-refractivity contribution in [3.63, 3.8) is 0 Å². The van der Waals surface area contributed by atoms with Crippen LogP contribution in [0.4, 0.5) is 0 Å². The molecule has 32 heavy (non-hydrogen) atoms. The second-order valence-corrected chi connectivity index (χ2v) is 8.81. The monoisotopic (exact) mass is 456 g/mol. The molecular formula is C25H36N4O2S. The number of pyridine rings is 1. The molecule has 1 atom stereocenters. The van der Waals surface area contributed by atoms with Crippen molar-refractivity contribution < 1.29 is 9.53 Å². The first-order valence-electron chi connectivity index (χ1n) is 11.6. The quantitative estimate of drug-likeness (QED) is 0.254. The fourth-order valence-electron chi connectivity index (χ4n) is 3.48. The number of ketones is 1. The van der Waals surface area contributed by atoms with E-state index < -0.39 is 4.75 Å². The minimum absolute atomic E-state index is 0.349. The number of aromatic nitrogens is 4. The summed E-state index contributed by atoms with van der Waals surface area (Å²) in [5.41, 5.74) is 1.62. The SMILES string of the molecule is CC.CCC(=O)CCCCCCC(C)(S)c1nc(-c2cc3ccccc3nc2OC)n[nH]1. The molecule has 7 heteroatoms. The number of methoxy groups -OCH3 is 1. The minimum atomic E-state index is -0.415. The molecule has 0 bridgehead atoms. The number of nitrogens with zero attached hydrogens (tertiary/aromatic N) is 3. The van der Waals surface area contributed by atoms with Gasteiger partial charge in [-0.1, -0.05) is 58.2 Å². The van der Waals surface area contributed by atoms with Crippen LogP contribution in [-0.4, -0.2) is 33.1 Å². The van der Waals surface area contributed by atoms with E-state index in [9.17, 15) is 4.79 Å². The zero-order valence-corrected chi connectivity index (χ0v) is 20.8. The van der Waals surface area contributed by atoms with Gasteiger partial charge in [-0.05, 0) is 31.9 Å². The molecule has 2 heterocycles. The molecule has 2 aromatic heterocycles. The van der Waals surface area contributed by atoms with Crippen molar-refractivity contribution in [3.05, 3.63) is 36.2 Å². The molecule has 174 valence electrons. The molecular weight excluding hydrogens is 420 g/mol. The topological polar surface area (TPSA) is 80.8 Å². The fourth-order valence-corrected chi connectivity index (χ4v) is 3.74. The minimum Gasteiger partial charge on any atom is -0.480 e. The van der Waals surface area contributed by atoms with Gasteiger partial charge in [0.05, 0.1) is 22.9 Å². The highest BCUT2D eigenvalue weighted by atomic mass is 32.1. The van der Waals surface area contributed by atoms with Crippen LogP contribution in [0.1, 0.15) is 78.5 Å². The number of benzene rings is 1. The molecule has 3 rings (SSSR count). The number of thiol groups is 1. The molecule has 0 saturated carbocycles. The maximum Gasteiger partial charge on any atom is 0.225 e. The zero-order valence-electron chi connectivity index (χ0n) is 19.9. The summed E-state index contributed by atoms with van der Waals surface area (Å²) >= 11 is 4.85. The number of para-hydroxylation sites is 1. The number of carbonyl (C=O) groups is 1. The van der Waals surface area contributed by atoms with E-state index in [4.69, 9.17) is 22.3 Å². The molecule has 1 N–H and O–H groups in total. The number of Topliss-reactive ketones (excluding diaryl/α,β-unsaturated/α-hetero) is 1. The van der Waals surface area contributed by atoms with Gasteiger partial charge in [-0.15, -0.1) is 0 Å². The third-order valence-electron chi connectivity index (χ3n) is 5.38. The molecule has 1 unspecified atom stereocenters. The summed E-state index contributed by atoms with van der Waals surface area (Å²) in [6.07, 6.45) is 6.35. The zero-order chi connectivity index (χ0) is 23.6. The van der Waals surface area contributed by atoms with Gasteiger partial charge in [0.1, 0.15) is 11.6 Å². The second-order valence-electron chi connectivity index (χ2n) is 7.83. The predicted molar refractivity (Wildman–Crippen MR) is 134 cm³/mol. The summed E-state index contributed by atoms with van der Waals surface area (Å²) in [6.45, 7) is 7.97. The molecule has 6 nitrogen and oxygen atoms in total. The Labute approximate surface area is 197 Å². The highest BCUT2D eigenvalue weighted by Gasteiger charge is 2.26. The lowest BCUT2D eigenvalue weighted by Gasteiger charge is -2.20. The summed E-state index contributed by atoms with van der Waals surface area (Å²) in [7, 11) is 1.60. The standard InChI is InChI=1S/C23H30N4O2S.C2H6/c1-4-17(28)12-7-5-6-10-14-23(2,30)22-25-20(26-27-22)18-15-16-11-8-9-13-19(16)24-21(18)29-3;1-2/h8-9,11,13,15,30H,4-7,10,12,14H2,1-3H3,(H,25,26,27);1-2H3. The van der Waals surface area contributed by atoms with Crippen LogP contribution in [-0.2, 0) is 9.54 Å². The maximum atomic E-state index is 11.4. The van der Waals surface area contributed by atoms with E-state index in [0.29, 0.717) is 30.3 Å². The van der Waals surface area contributed by atoms with Crippen molar-refractivity contribution in [3.8, 4) is 17.3 Å². The molecule has 1 aromatic carbocycles. The number of aromatic amines is 1. The van der Waals surface area contributed by atoms with Gasteiger partial charge in [-0.25, -0.2) is 9.97 Å². The number of hydrogen-bond donors (Lipinski definition) is 2. The van der Waals surface area contributed by atoms with Gasteiger partial charge < -0.3 is 4.74 Å². The summed E-state index contributed by atoms with van der Waals surface area (Å²) in [6, 6.07) is 9.89. The van der Waals surface area contributed by atoms with Gasteiger partial charge in [0.2, 0.25) is 5.88 Å². The third kappa shape index (κ3) is 6.79. The first kappa shape index (κ1) is 25.8. The van der Waals surface area contributed by atoms with Gasteiger partial charge in [-0.2, -0.15) is 17.7 Å². The van der Waals surface area contributed by atoms with E-state index in [1.165, 1.54) is 0 Å². The van der Waals surface area contributed by atoms with E-state index in [1.807, 2.05) is 51.1 Å². The number of carbonyl (C=O) groups excluding carboxylic acids is 1. The van der Waals surface area contributed by atoms with Crippen molar-refractivity contribution in [2.75, 3.05) is 7.11 Å². The van der Waals surface area contributed by atoms with Crippen molar-refractivity contribution >= 4 is 29.3 Å². The normalized spacial score (nSPS) is 12.7. The smallest absolute Gasteiger partial charge is 0.225 e. The van der Waals surface area contributed by atoms with Crippen molar-refractivity contribution in [1.29, 1.82) is 0 Å². The molecule has 0 amide bonds. The van der Waals surface area contributed by atoms with Crippen LogP contribution in [0, 0.1) is 0 Å². The van der Waals surface area contributed by atoms with E-state index in [0.717, 1.165) is 54.4 Å². The Morgan fingerprint density at radius 3 is 2.56 bits per heavy atom. The molecule has 0 fully saturated rings. The summed E-state index contributed by atoms with van der Waals surface area (Å²) in [5, 5.41) is 8.47. The lowest BCUT2D eigenvalue weighted by atomic mass is 10.00. The molecule has 0 spiro atoms. The average molecular weight is 457 g/mol. The number of fused-ring (bicyclic) bond motifs is 1. The Morgan fingerprint density at radius 2 is 1.84 bits per heavy atom. The average Bonchev–Trinajstić information content (AvgIpc) is 3.32. The van der Waals surface area contributed by atoms with Crippen LogP contribution in [0.25, 0.3) is 22.3 Å². The van der Waals surface area contributed by atoms with Crippen LogP contribution < -0.4 is 4.74 Å². The molecule has 3 aromatic rings. The first-order chi connectivity index (χ1) is 15.4. The lowest BCUT2D eigenvalue weighted by Crippen LogP contribution is -2.16. The number of ether oxygens (including phenoxy) is 1. The Balaban J connectivity index is 0.00000176. The van der Waals surface area contributed by atoms with Crippen LogP contribution in [0.15, 0.2) is 30.3 Å². The van der Waals surface area contributed by atoms with E-state index in [2.05, 4.69) is 22.1 Å². The molecule has 0 radical (unpaired) electrons. The Morgan fingerprint density at radius 1 is 1.12 bits per heavy atom. The highest BCUT2D eigenvalue weighted by Crippen LogP contribution is 2.34. The Hall–Kier alpha value is -2.41. The van der Waals surface area contributed by atoms with Crippen LogP contribution >= 0.6 is 12.6 Å². The molecule has 0 aliphatic carbocycles. The second kappa shape index (κ2) is 12.6. The largest absolute Gasteiger partial charge is 0.480 e. The van der Waals surface area contributed by atoms with E-state index in [1.54, 1.807) is 7.11 Å². The summed E-state index contributed by atoms with van der Waals surface area (Å²) in [5.74, 6) is 2.14. The van der Waals surface area contributed by atoms with Gasteiger partial charge in [0.15, 0.2) is 5.82 Å². The number of nitrogens with one attached hydrogen (secondary N) is 1. The van der Waals surface area contributed by atoms with Crippen molar-refractivity contribution in [2.24, 2.45) is 0 Å². The fraction of sp³-hybridized carbons (Fsp3) is 0.520.